The second kappa shape index (κ2) is 7.12. The highest BCUT2D eigenvalue weighted by Gasteiger charge is 2.51. The average molecular weight is 416 g/mol. The lowest BCUT2D eigenvalue weighted by molar-refractivity contribution is -0.118. The molecule has 0 unspecified atom stereocenters. The summed E-state index contributed by atoms with van der Waals surface area (Å²) >= 11 is 0. The number of ether oxygens (including phenoxy) is 2. The fourth-order valence-corrected chi connectivity index (χ4v) is 3.91. The number of aryl methyl sites for hydroxylation is 1. The number of pyridine rings is 1. The molecule has 2 aromatic carbocycles. The minimum atomic E-state index is -1.07. The first-order chi connectivity index (χ1) is 15.0. The number of aromatic nitrogens is 1. The second-order valence-corrected chi connectivity index (χ2v) is 7.87. The predicted molar refractivity (Wildman–Crippen MR) is 113 cm³/mol. The van der Waals surface area contributed by atoms with Gasteiger partial charge >= 0.3 is 5.97 Å². The standard InChI is InChI=1S/C24H20N2O5/c1-14-2-5-17(11-18(14)15-3-6-19(22(27)28)25-12-15)26-23(29)24(8-9-24)16-4-7-20-21(10-16)31-13-30-20/h2-7,10-12H,8-9,13H2,1H3,(H,26,29)(H,27,28). The van der Waals surface area contributed by atoms with E-state index in [1.54, 1.807) is 6.07 Å². The number of hydrogen-bond acceptors (Lipinski definition) is 5. The first-order valence-corrected chi connectivity index (χ1v) is 9.98. The third-order valence-corrected chi connectivity index (χ3v) is 5.90. The van der Waals surface area contributed by atoms with E-state index in [2.05, 4.69) is 10.3 Å². The van der Waals surface area contributed by atoms with Gasteiger partial charge < -0.3 is 19.9 Å². The summed E-state index contributed by atoms with van der Waals surface area (Å²) in [4.78, 5) is 28.2. The van der Waals surface area contributed by atoms with Crippen LogP contribution in [-0.4, -0.2) is 28.8 Å². The van der Waals surface area contributed by atoms with E-state index in [-0.39, 0.29) is 18.4 Å². The summed E-state index contributed by atoms with van der Waals surface area (Å²) in [5.41, 5.74) is 3.71. The van der Waals surface area contributed by atoms with Crippen LogP contribution < -0.4 is 14.8 Å². The second-order valence-electron chi connectivity index (χ2n) is 7.87. The molecule has 7 nitrogen and oxygen atoms in total. The van der Waals surface area contributed by atoms with Crippen LogP contribution >= 0.6 is 0 Å². The predicted octanol–water partition coefficient (Wildman–Crippen LogP) is 4.15. The highest BCUT2D eigenvalue weighted by atomic mass is 16.7. The van der Waals surface area contributed by atoms with Gasteiger partial charge in [0.05, 0.1) is 5.41 Å². The molecule has 1 aromatic heterocycles. The molecule has 2 N–H and O–H groups in total. The van der Waals surface area contributed by atoms with Gasteiger partial charge in [-0.2, -0.15) is 0 Å². The molecule has 1 aliphatic heterocycles. The highest BCUT2D eigenvalue weighted by molar-refractivity contribution is 6.02. The fourth-order valence-electron chi connectivity index (χ4n) is 3.91. The zero-order valence-electron chi connectivity index (χ0n) is 16.8. The molecule has 1 aliphatic carbocycles. The monoisotopic (exact) mass is 416 g/mol. The molecule has 0 spiro atoms. The number of rotatable bonds is 5. The van der Waals surface area contributed by atoms with Crippen LogP contribution in [0.3, 0.4) is 0 Å². The highest BCUT2D eigenvalue weighted by Crippen LogP contribution is 2.51. The molecule has 0 atom stereocenters. The number of nitrogens with zero attached hydrogens (tertiary/aromatic N) is 1. The van der Waals surface area contributed by atoms with Crippen molar-refractivity contribution >= 4 is 17.6 Å². The number of fused-ring (bicyclic) bond motifs is 1. The quantitative estimate of drug-likeness (QED) is 0.648. The van der Waals surface area contributed by atoms with Crippen molar-refractivity contribution < 1.29 is 24.2 Å². The number of anilines is 1. The Labute approximate surface area is 178 Å². The number of hydrogen-bond donors (Lipinski definition) is 2. The Bertz CT molecular complexity index is 1200. The van der Waals surface area contributed by atoms with Crippen LogP contribution in [0.4, 0.5) is 5.69 Å². The zero-order chi connectivity index (χ0) is 21.6. The van der Waals surface area contributed by atoms with Crippen molar-refractivity contribution in [3.8, 4) is 22.6 Å². The van der Waals surface area contributed by atoms with E-state index >= 15 is 0 Å². The first kappa shape index (κ1) is 19.1. The van der Waals surface area contributed by atoms with E-state index in [9.17, 15) is 9.59 Å². The van der Waals surface area contributed by atoms with E-state index in [4.69, 9.17) is 14.6 Å². The number of carboxylic acid groups (broad SMARTS) is 1. The Morgan fingerprint density at radius 1 is 1.03 bits per heavy atom. The molecular formula is C24H20N2O5. The SMILES string of the molecule is Cc1ccc(NC(=O)C2(c3ccc4c(c3)OCO4)CC2)cc1-c1ccc(C(=O)O)nc1. The topological polar surface area (TPSA) is 97.8 Å². The molecule has 1 saturated carbocycles. The van der Waals surface area contributed by atoms with Crippen molar-refractivity contribution in [3.63, 3.8) is 0 Å². The van der Waals surface area contributed by atoms with E-state index < -0.39 is 11.4 Å². The molecule has 0 bridgehead atoms. The molecule has 156 valence electrons. The summed E-state index contributed by atoms with van der Waals surface area (Å²) in [6.07, 6.45) is 3.09. The van der Waals surface area contributed by atoms with Crippen molar-refractivity contribution in [2.24, 2.45) is 0 Å². The van der Waals surface area contributed by atoms with Gasteiger partial charge in [-0.05, 0) is 66.8 Å². The van der Waals surface area contributed by atoms with Crippen LogP contribution in [0.15, 0.2) is 54.7 Å². The molecule has 2 aliphatic rings. The molecule has 2 heterocycles. The minimum absolute atomic E-state index is 0.00902. The molecule has 1 fully saturated rings. The van der Waals surface area contributed by atoms with Gasteiger partial charge in [-0.25, -0.2) is 9.78 Å². The van der Waals surface area contributed by atoms with Crippen molar-refractivity contribution in [1.82, 2.24) is 4.98 Å². The van der Waals surface area contributed by atoms with Crippen LogP contribution in [0, 0.1) is 6.92 Å². The molecule has 7 heteroatoms. The van der Waals surface area contributed by atoms with Gasteiger partial charge in [0.1, 0.15) is 5.69 Å². The summed E-state index contributed by atoms with van der Waals surface area (Å²) < 4.78 is 10.8. The smallest absolute Gasteiger partial charge is 0.354 e. The maximum absolute atomic E-state index is 13.2. The third-order valence-electron chi connectivity index (χ3n) is 5.90. The summed E-state index contributed by atoms with van der Waals surface area (Å²) in [6, 6.07) is 14.5. The Kier molecular flexibility index (Phi) is 4.39. The van der Waals surface area contributed by atoms with Crippen LogP contribution in [0.1, 0.15) is 34.5 Å². The van der Waals surface area contributed by atoms with Gasteiger partial charge in [0.15, 0.2) is 11.5 Å². The van der Waals surface area contributed by atoms with Gasteiger partial charge in [0, 0.05) is 17.4 Å². The van der Waals surface area contributed by atoms with E-state index in [1.807, 2.05) is 43.3 Å². The number of nitrogens with one attached hydrogen (secondary N) is 1. The molecule has 5 rings (SSSR count). The Balaban J connectivity index is 1.39. The summed E-state index contributed by atoms with van der Waals surface area (Å²) in [7, 11) is 0. The number of carbonyl (C=O) groups excluding carboxylic acids is 1. The number of aromatic carboxylic acids is 1. The number of benzene rings is 2. The molecule has 0 saturated heterocycles. The van der Waals surface area contributed by atoms with Gasteiger partial charge in [0.2, 0.25) is 12.7 Å². The summed E-state index contributed by atoms with van der Waals surface area (Å²) in [5, 5.41) is 12.1. The Morgan fingerprint density at radius 3 is 2.55 bits per heavy atom. The number of carboxylic acids is 1. The normalized spacial score (nSPS) is 15.4. The van der Waals surface area contributed by atoms with Crippen LogP contribution in [0.2, 0.25) is 0 Å². The third kappa shape index (κ3) is 3.38. The van der Waals surface area contributed by atoms with Crippen LogP contribution in [-0.2, 0) is 10.2 Å². The lowest BCUT2D eigenvalue weighted by atomic mass is 9.94. The maximum atomic E-state index is 13.2. The van der Waals surface area contributed by atoms with E-state index in [0.717, 1.165) is 35.1 Å². The number of amides is 1. The van der Waals surface area contributed by atoms with Crippen molar-refractivity contribution in [3.05, 3.63) is 71.5 Å². The van der Waals surface area contributed by atoms with Gasteiger partial charge in [0.25, 0.3) is 0 Å². The number of carbonyl (C=O) groups is 2. The molecule has 0 radical (unpaired) electrons. The summed E-state index contributed by atoms with van der Waals surface area (Å²) in [6.45, 7) is 2.16. The van der Waals surface area contributed by atoms with Crippen molar-refractivity contribution in [2.45, 2.75) is 25.2 Å². The van der Waals surface area contributed by atoms with Gasteiger partial charge in [-0.15, -0.1) is 0 Å². The lowest BCUT2D eigenvalue weighted by Gasteiger charge is -2.17. The fraction of sp³-hybridized carbons (Fsp3) is 0.208. The van der Waals surface area contributed by atoms with E-state index in [0.29, 0.717) is 17.2 Å². The van der Waals surface area contributed by atoms with Crippen LogP contribution in [0.25, 0.3) is 11.1 Å². The maximum Gasteiger partial charge on any atom is 0.354 e. The molecule has 3 aromatic rings. The minimum Gasteiger partial charge on any atom is -0.477 e. The Hall–Kier alpha value is -3.87. The zero-order valence-corrected chi connectivity index (χ0v) is 16.8. The molecule has 1 amide bonds. The van der Waals surface area contributed by atoms with E-state index in [1.165, 1.54) is 12.3 Å². The van der Waals surface area contributed by atoms with Crippen LogP contribution in [0.5, 0.6) is 11.5 Å². The average Bonchev–Trinajstić information content (AvgIpc) is 3.46. The first-order valence-electron chi connectivity index (χ1n) is 9.98. The largest absolute Gasteiger partial charge is 0.477 e. The summed E-state index contributed by atoms with van der Waals surface area (Å²) in [5.74, 6) is 0.250. The molecule has 31 heavy (non-hydrogen) atoms. The lowest BCUT2D eigenvalue weighted by Crippen LogP contribution is -2.27. The Morgan fingerprint density at radius 2 is 1.84 bits per heavy atom. The van der Waals surface area contributed by atoms with Crippen molar-refractivity contribution in [2.75, 3.05) is 12.1 Å². The van der Waals surface area contributed by atoms with Gasteiger partial charge in [-0.1, -0.05) is 18.2 Å². The van der Waals surface area contributed by atoms with Gasteiger partial charge in [-0.3, -0.25) is 4.79 Å². The van der Waals surface area contributed by atoms with Crippen molar-refractivity contribution in [1.29, 1.82) is 0 Å². The molecular weight excluding hydrogens is 396 g/mol.